The molecule has 6 heteroatoms. The minimum Gasteiger partial charge on any atom is -0.481 e. The van der Waals surface area contributed by atoms with Crippen LogP contribution in [0.1, 0.15) is 29.6 Å². The van der Waals surface area contributed by atoms with E-state index in [0.29, 0.717) is 18.4 Å². The highest BCUT2D eigenvalue weighted by molar-refractivity contribution is 5.96. The van der Waals surface area contributed by atoms with E-state index in [1.807, 2.05) is 0 Å². The van der Waals surface area contributed by atoms with Crippen LogP contribution in [0.5, 0.6) is 0 Å². The smallest absolute Gasteiger partial charge is 0.326 e. The van der Waals surface area contributed by atoms with Gasteiger partial charge < -0.3 is 15.5 Å². The van der Waals surface area contributed by atoms with Gasteiger partial charge in [0, 0.05) is 5.56 Å². The van der Waals surface area contributed by atoms with Crippen LogP contribution in [0.4, 0.5) is 0 Å². The maximum absolute atomic E-state index is 12.0. The molecule has 1 aliphatic carbocycles. The van der Waals surface area contributed by atoms with Crippen LogP contribution in [0.3, 0.4) is 0 Å². The molecular formula is C15H17NO5. The topological polar surface area (TPSA) is 104 Å². The average Bonchev–Trinajstić information content (AvgIpc) is 2.94. The minimum absolute atomic E-state index is 0.279. The van der Waals surface area contributed by atoms with Crippen LogP contribution >= 0.6 is 0 Å². The lowest BCUT2D eigenvalue weighted by Gasteiger charge is -2.20. The molecule has 0 bridgehead atoms. The fraction of sp³-hybridized carbons (Fsp3) is 0.400. The molecule has 1 fully saturated rings. The molecule has 0 aliphatic heterocycles. The van der Waals surface area contributed by atoms with E-state index in [4.69, 9.17) is 5.11 Å². The maximum Gasteiger partial charge on any atom is 0.326 e. The Labute approximate surface area is 121 Å². The molecule has 0 aromatic heterocycles. The van der Waals surface area contributed by atoms with Gasteiger partial charge in [-0.25, -0.2) is 4.79 Å². The van der Waals surface area contributed by atoms with Gasteiger partial charge in [0.1, 0.15) is 6.04 Å². The van der Waals surface area contributed by atoms with Gasteiger partial charge in [-0.3, -0.25) is 9.59 Å². The normalized spacial score (nSPS) is 22.5. The molecule has 1 amide bonds. The van der Waals surface area contributed by atoms with E-state index in [1.165, 1.54) is 0 Å². The first-order chi connectivity index (χ1) is 9.99. The summed E-state index contributed by atoms with van der Waals surface area (Å²) in [7, 11) is 0. The summed E-state index contributed by atoms with van der Waals surface area (Å²) in [5, 5.41) is 20.8. The molecule has 0 unspecified atom stereocenters. The number of carboxylic acid groups (broad SMARTS) is 2. The first-order valence-electron chi connectivity index (χ1n) is 6.80. The summed E-state index contributed by atoms with van der Waals surface area (Å²) in [5.41, 5.74) is 0.386. The second kappa shape index (κ2) is 6.39. The number of amides is 1. The van der Waals surface area contributed by atoms with E-state index in [2.05, 4.69) is 5.32 Å². The molecule has 21 heavy (non-hydrogen) atoms. The summed E-state index contributed by atoms with van der Waals surface area (Å²) in [6.45, 7) is 0. The quantitative estimate of drug-likeness (QED) is 0.760. The molecule has 3 N–H and O–H groups in total. The Morgan fingerprint density at radius 1 is 1.10 bits per heavy atom. The summed E-state index contributed by atoms with van der Waals surface area (Å²) in [6.07, 6.45) is 1.22. The Morgan fingerprint density at radius 3 is 2.29 bits per heavy atom. The van der Waals surface area contributed by atoms with Crippen LogP contribution in [0.2, 0.25) is 0 Å². The van der Waals surface area contributed by atoms with E-state index in [0.717, 1.165) is 0 Å². The predicted molar refractivity (Wildman–Crippen MR) is 73.8 cm³/mol. The van der Waals surface area contributed by atoms with Crippen molar-refractivity contribution >= 4 is 17.8 Å². The summed E-state index contributed by atoms with van der Waals surface area (Å²) in [5.74, 6) is -3.37. The lowest BCUT2D eigenvalue weighted by molar-refractivity contribution is -0.143. The third-order valence-electron chi connectivity index (χ3n) is 3.88. The van der Waals surface area contributed by atoms with E-state index in [9.17, 15) is 19.5 Å². The summed E-state index contributed by atoms with van der Waals surface area (Å²) in [4.78, 5) is 34.4. The van der Waals surface area contributed by atoms with Crippen molar-refractivity contribution in [1.82, 2.24) is 5.32 Å². The zero-order valence-electron chi connectivity index (χ0n) is 11.4. The van der Waals surface area contributed by atoms with E-state index in [-0.39, 0.29) is 12.3 Å². The summed E-state index contributed by atoms with van der Waals surface area (Å²) < 4.78 is 0. The molecular weight excluding hydrogens is 274 g/mol. The van der Waals surface area contributed by atoms with Crippen LogP contribution in [0.15, 0.2) is 30.3 Å². The van der Waals surface area contributed by atoms with Gasteiger partial charge in [0.25, 0.3) is 5.91 Å². The Morgan fingerprint density at radius 2 is 1.76 bits per heavy atom. The molecule has 1 aliphatic rings. The molecule has 2 rings (SSSR count). The van der Waals surface area contributed by atoms with Crippen molar-refractivity contribution in [2.24, 2.45) is 11.8 Å². The minimum atomic E-state index is -1.13. The largest absolute Gasteiger partial charge is 0.481 e. The second-order valence-electron chi connectivity index (χ2n) is 5.26. The van der Waals surface area contributed by atoms with E-state index in [1.54, 1.807) is 30.3 Å². The number of hydrogen-bond acceptors (Lipinski definition) is 3. The van der Waals surface area contributed by atoms with Gasteiger partial charge in [-0.15, -0.1) is 0 Å². The highest BCUT2D eigenvalue weighted by Crippen LogP contribution is 2.33. The Hall–Kier alpha value is -2.37. The molecule has 1 aromatic carbocycles. The van der Waals surface area contributed by atoms with Gasteiger partial charge in [-0.1, -0.05) is 18.2 Å². The first-order valence-corrected chi connectivity index (χ1v) is 6.80. The van der Waals surface area contributed by atoms with E-state index >= 15 is 0 Å². The number of aliphatic carboxylic acids is 2. The number of nitrogens with one attached hydrogen (secondary N) is 1. The lowest BCUT2D eigenvalue weighted by atomic mass is 9.96. The third-order valence-corrected chi connectivity index (χ3v) is 3.88. The number of carbonyl (C=O) groups is 3. The van der Waals surface area contributed by atoms with Crippen LogP contribution < -0.4 is 5.32 Å². The Bertz CT molecular complexity index is 542. The van der Waals surface area contributed by atoms with Crippen molar-refractivity contribution in [3.8, 4) is 0 Å². The van der Waals surface area contributed by atoms with Gasteiger partial charge >= 0.3 is 11.9 Å². The van der Waals surface area contributed by atoms with Crippen molar-refractivity contribution < 1.29 is 24.6 Å². The van der Waals surface area contributed by atoms with Gasteiger partial charge in [0.05, 0.1) is 5.92 Å². The Kier molecular flexibility index (Phi) is 4.57. The van der Waals surface area contributed by atoms with Gasteiger partial charge in [0.15, 0.2) is 0 Å². The fourth-order valence-corrected chi connectivity index (χ4v) is 2.74. The number of hydrogen-bond donors (Lipinski definition) is 3. The maximum atomic E-state index is 12.0. The highest BCUT2D eigenvalue weighted by atomic mass is 16.4. The van der Waals surface area contributed by atoms with Gasteiger partial charge in [-0.2, -0.15) is 0 Å². The van der Waals surface area contributed by atoms with Crippen molar-refractivity contribution in [2.45, 2.75) is 25.3 Å². The summed E-state index contributed by atoms with van der Waals surface area (Å²) in [6, 6.07) is 7.30. The number of carbonyl (C=O) groups excluding carboxylic acids is 1. The third kappa shape index (κ3) is 3.59. The molecule has 3 atom stereocenters. The first kappa shape index (κ1) is 15.0. The molecule has 0 heterocycles. The second-order valence-corrected chi connectivity index (χ2v) is 5.26. The van der Waals surface area contributed by atoms with Crippen molar-refractivity contribution in [2.75, 3.05) is 0 Å². The molecule has 1 aromatic rings. The number of carboxylic acids is 2. The predicted octanol–water partition coefficient (Wildman–Crippen LogP) is 1.37. The van der Waals surface area contributed by atoms with Crippen LogP contribution in [-0.4, -0.2) is 34.1 Å². The lowest BCUT2D eigenvalue weighted by Crippen LogP contribution is -2.45. The molecule has 0 spiro atoms. The van der Waals surface area contributed by atoms with Crippen LogP contribution in [0, 0.1) is 11.8 Å². The molecule has 1 saturated carbocycles. The average molecular weight is 291 g/mol. The zero-order chi connectivity index (χ0) is 15.4. The fourth-order valence-electron chi connectivity index (χ4n) is 2.74. The van der Waals surface area contributed by atoms with Crippen molar-refractivity contribution in [1.29, 1.82) is 0 Å². The molecule has 0 saturated heterocycles. The van der Waals surface area contributed by atoms with Crippen molar-refractivity contribution in [3.05, 3.63) is 35.9 Å². The van der Waals surface area contributed by atoms with Crippen LogP contribution in [0.25, 0.3) is 0 Å². The standard InChI is InChI=1S/C15H17NO5/c17-13(9-4-2-1-3-5-9)16-12(15(20)21)10-6-7-11(8-10)14(18)19/h1-5,10-12H,6-8H2,(H,16,17)(H,18,19)(H,20,21)/t10-,11+,12+/m0/s1. The SMILES string of the molecule is O=C(N[C@@H](C(=O)O)[C@H]1CC[C@@H](C(=O)O)C1)c1ccccc1. The van der Waals surface area contributed by atoms with Crippen molar-refractivity contribution in [3.63, 3.8) is 0 Å². The zero-order valence-corrected chi connectivity index (χ0v) is 11.4. The van der Waals surface area contributed by atoms with Crippen LogP contribution in [-0.2, 0) is 9.59 Å². The van der Waals surface area contributed by atoms with Gasteiger partial charge in [0.2, 0.25) is 0 Å². The Balaban J connectivity index is 2.05. The number of rotatable bonds is 5. The summed E-state index contributed by atoms with van der Waals surface area (Å²) >= 11 is 0. The molecule has 6 nitrogen and oxygen atoms in total. The molecule has 0 radical (unpaired) electrons. The highest BCUT2D eigenvalue weighted by Gasteiger charge is 2.38. The van der Waals surface area contributed by atoms with Gasteiger partial charge in [-0.05, 0) is 37.3 Å². The van der Waals surface area contributed by atoms with E-state index < -0.39 is 29.8 Å². The number of benzene rings is 1. The monoisotopic (exact) mass is 291 g/mol. The molecule has 112 valence electrons.